The molecule has 2 unspecified atom stereocenters. The molecule has 4 nitrogen and oxygen atoms in total. The van der Waals surface area contributed by atoms with E-state index in [0.717, 1.165) is 6.42 Å². The zero-order valence-corrected chi connectivity index (χ0v) is 8.83. The van der Waals surface area contributed by atoms with Gasteiger partial charge in [-0.3, -0.25) is 0 Å². The number of aryl methyl sites for hydroxylation is 1. The Morgan fingerprint density at radius 2 is 2.33 bits per heavy atom. The number of aromatic nitrogens is 2. The highest BCUT2D eigenvalue weighted by atomic mass is 19.1. The molecule has 1 aromatic rings. The summed E-state index contributed by atoms with van der Waals surface area (Å²) in [6, 6.07) is 0.133. The van der Waals surface area contributed by atoms with Crippen molar-refractivity contribution in [2.24, 2.45) is 0 Å². The van der Waals surface area contributed by atoms with Gasteiger partial charge in [0.25, 0.3) is 0 Å². The topological polar surface area (TPSA) is 47.0 Å². The highest BCUT2D eigenvalue weighted by Crippen LogP contribution is 2.19. The Morgan fingerprint density at radius 3 is 3.00 bits per heavy atom. The van der Waals surface area contributed by atoms with Gasteiger partial charge in [0.2, 0.25) is 0 Å². The van der Waals surface area contributed by atoms with Crippen LogP contribution in [-0.2, 0) is 4.74 Å². The molecule has 15 heavy (non-hydrogen) atoms. The molecule has 0 bridgehead atoms. The van der Waals surface area contributed by atoms with Gasteiger partial charge < -0.3 is 10.1 Å². The van der Waals surface area contributed by atoms with Crippen LogP contribution in [0.4, 0.5) is 10.2 Å². The molecule has 2 heterocycles. The van der Waals surface area contributed by atoms with Crippen LogP contribution in [0.3, 0.4) is 0 Å². The van der Waals surface area contributed by atoms with E-state index < -0.39 is 0 Å². The summed E-state index contributed by atoms with van der Waals surface area (Å²) in [5, 5.41) is 3.05. The number of nitrogens with one attached hydrogen (secondary N) is 1. The van der Waals surface area contributed by atoms with Crippen molar-refractivity contribution in [2.45, 2.75) is 32.4 Å². The molecule has 1 fully saturated rings. The van der Waals surface area contributed by atoms with Gasteiger partial charge in [0.15, 0.2) is 11.6 Å². The first-order chi connectivity index (χ1) is 7.18. The molecule has 0 aliphatic carbocycles. The maximum absolute atomic E-state index is 13.6. The fraction of sp³-hybridized carbons (Fsp3) is 0.600. The van der Waals surface area contributed by atoms with Gasteiger partial charge in [-0.15, -0.1) is 0 Å². The molecule has 1 N–H and O–H groups in total. The average molecular weight is 211 g/mol. The molecule has 5 heteroatoms. The molecular weight excluding hydrogens is 197 g/mol. The summed E-state index contributed by atoms with van der Waals surface area (Å²) >= 11 is 0. The van der Waals surface area contributed by atoms with Crippen molar-refractivity contribution in [1.82, 2.24) is 9.97 Å². The largest absolute Gasteiger partial charge is 0.376 e. The summed E-state index contributed by atoms with van der Waals surface area (Å²) in [5.41, 5.74) is 0.360. The molecule has 82 valence electrons. The number of hydrogen-bond acceptors (Lipinski definition) is 4. The van der Waals surface area contributed by atoms with E-state index in [1.807, 2.05) is 6.92 Å². The maximum atomic E-state index is 13.6. The molecule has 1 aliphatic rings. The van der Waals surface area contributed by atoms with Crippen LogP contribution in [0.2, 0.25) is 0 Å². The lowest BCUT2D eigenvalue weighted by atomic mass is 10.1. The molecule has 0 radical (unpaired) electrons. The van der Waals surface area contributed by atoms with E-state index in [1.165, 1.54) is 6.33 Å². The second-order valence-corrected chi connectivity index (χ2v) is 3.74. The van der Waals surface area contributed by atoms with Crippen LogP contribution in [0.15, 0.2) is 6.33 Å². The standard InChI is InChI=1S/C10H14FN3O/c1-6-9(11)10(13-5-12-6)14-8-3-4-15-7(8)2/h5,7-8H,3-4H2,1-2H3,(H,12,13,14). The third-order valence-electron chi connectivity index (χ3n) is 2.66. The van der Waals surface area contributed by atoms with Gasteiger partial charge in [0.1, 0.15) is 6.33 Å². The predicted octanol–water partition coefficient (Wildman–Crippen LogP) is 1.51. The number of rotatable bonds is 2. The number of nitrogens with zero attached hydrogens (tertiary/aromatic N) is 2. The van der Waals surface area contributed by atoms with E-state index in [-0.39, 0.29) is 23.8 Å². The van der Waals surface area contributed by atoms with Crippen molar-refractivity contribution >= 4 is 5.82 Å². The fourth-order valence-corrected chi connectivity index (χ4v) is 1.66. The summed E-state index contributed by atoms with van der Waals surface area (Å²) in [4.78, 5) is 7.66. The van der Waals surface area contributed by atoms with Crippen molar-refractivity contribution in [2.75, 3.05) is 11.9 Å². The molecule has 0 saturated carbocycles. The first-order valence-electron chi connectivity index (χ1n) is 5.03. The van der Waals surface area contributed by atoms with E-state index in [2.05, 4.69) is 15.3 Å². The van der Waals surface area contributed by atoms with E-state index >= 15 is 0 Å². The van der Waals surface area contributed by atoms with Crippen molar-refractivity contribution in [3.63, 3.8) is 0 Å². The second-order valence-electron chi connectivity index (χ2n) is 3.74. The zero-order valence-electron chi connectivity index (χ0n) is 8.83. The van der Waals surface area contributed by atoms with Gasteiger partial charge in [-0.25, -0.2) is 14.4 Å². The van der Waals surface area contributed by atoms with Gasteiger partial charge in [-0.1, -0.05) is 0 Å². The van der Waals surface area contributed by atoms with Gasteiger partial charge in [-0.05, 0) is 20.3 Å². The van der Waals surface area contributed by atoms with Crippen LogP contribution in [0.25, 0.3) is 0 Å². The van der Waals surface area contributed by atoms with Crippen molar-refractivity contribution in [3.8, 4) is 0 Å². The normalized spacial score (nSPS) is 25.5. The Balaban J connectivity index is 2.13. The minimum Gasteiger partial charge on any atom is -0.376 e. The second kappa shape index (κ2) is 4.10. The minimum absolute atomic E-state index is 0.0969. The number of ether oxygens (including phenoxy) is 1. The first-order valence-corrected chi connectivity index (χ1v) is 5.03. The molecule has 1 aliphatic heterocycles. The highest BCUT2D eigenvalue weighted by molar-refractivity contribution is 5.38. The number of anilines is 1. The van der Waals surface area contributed by atoms with E-state index in [4.69, 9.17) is 4.74 Å². The average Bonchev–Trinajstić information content (AvgIpc) is 2.60. The van der Waals surface area contributed by atoms with Gasteiger partial charge in [0.05, 0.1) is 17.8 Å². The Bertz CT molecular complexity index is 359. The highest BCUT2D eigenvalue weighted by Gasteiger charge is 2.25. The zero-order chi connectivity index (χ0) is 10.8. The summed E-state index contributed by atoms with van der Waals surface area (Å²) in [6.45, 7) is 4.30. The van der Waals surface area contributed by atoms with E-state index in [9.17, 15) is 4.39 Å². The number of halogens is 1. The van der Waals surface area contributed by atoms with Crippen molar-refractivity contribution in [1.29, 1.82) is 0 Å². The van der Waals surface area contributed by atoms with Gasteiger partial charge >= 0.3 is 0 Å². The predicted molar refractivity (Wildman–Crippen MR) is 54.2 cm³/mol. The van der Waals surface area contributed by atoms with E-state index in [1.54, 1.807) is 6.92 Å². The van der Waals surface area contributed by atoms with Crippen LogP contribution in [0.5, 0.6) is 0 Å². The lowest BCUT2D eigenvalue weighted by Gasteiger charge is -2.16. The molecule has 1 saturated heterocycles. The van der Waals surface area contributed by atoms with Crippen LogP contribution < -0.4 is 5.32 Å². The summed E-state index contributed by atoms with van der Waals surface area (Å²) < 4.78 is 18.9. The third-order valence-corrected chi connectivity index (χ3v) is 2.66. The molecule has 0 amide bonds. The lowest BCUT2D eigenvalue weighted by Crippen LogP contribution is -2.27. The minimum atomic E-state index is -0.378. The Hall–Kier alpha value is -1.23. The molecular formula is C10H14FN3O. The Labute approximate surface area is 87.9 Å². The Kier molecular flexibility index (Phi) is 2.81. The van der Waals surface area contributed by atoms with Crippen molar-refractivity contribution in [3.05, 3.63) is 17.8 Å². The molecule has 2 rings (SSSR count). The van der Waals surface area contributed by atoms with Gasteiger partial charge in [0, 0.05) is 6.61 Å². The van der Waals surface area contributed by atoms with Crippen LogP contribution in [0, 0.1) is 12.7 Å². The lowest BCUT2D eigenvalue weighted by molar-refractivity contribution is 0.121. The monoisotopic (exact) mass is 211 g/mol. The van der Waals surface area contributed by atoms with Crippen LogP contribution in [0.1, 0.15) is 19.0 Å². The summed E-state index contributed by atoms with van der Waals surface area (Å²) in [5.74, 6) is -0.110. The Morgan fingerprint density at radius 1 is 1.53 bits per heavy atom. The third kappa shape index (κ3) is 2.07. The summed E-state index contributed by atoms with van der Waals surface area (Å²) in [6.07, 6.45) is 2.34. The summed E-state index contributed by atoms with van der Waals surface area (Å²) in [7, 11) is 0. The van der Waals surface area contributed by atoms with Crippen LogP contribution in [-0.4, -0.2) is 28.7 Å². The quantitative estimate of drug-likeness (QED) is 0.805. The molecule has 2 atom stereocenters. The first kappa shape index (κ1) is 10.3. The smallest absolute Gasteiger partial charge is 0.186 e. The van der Waals surface area contributed by atoms with Crippen molar-refractivity contribution < 1.29 is 9.13 Å². The molecule has 0 spiro atoms. The SMILES string of the molecule is Cc1ncnc(NC2CCOC2C)c1F. The molecule has 0 aromatic carbocycles. The maximum Gasteiger partial charge on any atom is 0.186 e. The fourth-order valence-electron chi connectivity index (χ4n) is 1.66. The number of hydrogen-bond donors (Lipinski definition) is 1. The van der Waals surface area contributed by atoms with Gasteiger partial charge in [-0.2, -0.15) is 0 Å². The van der Waals surface area contributed by atoms with Crippen LogP contribution >= 0.6 is 0 Å². The van der Waals surface area contributed by atoms with E-state index in [0.29, 0.717) is 12.3 Å². The molecule has 1 aromatic heterocycles.